The van der Waals surface area contributed by atoms with Crippen LogP contribution in [0.15, 0.2) is 60.7 Å². The van der Waals surface area contributed by atoms with Crippen molar-refractivity contribution < 1.29 is 14.6 Å². The SMILES string of the molecule is O=C(OCc1ccccc1)N1CCC(CO)(Cc2ccccc2)C1. The van der Waals surface area contributed by atoms with Gasteiger partial charge in [-0.15, -0.1) is 0 Å². The Morgan fingerprint density at radius 2 is 1.67 bits per heavy atom. The van der Waals surface area contributed by atoms with Gasteiger partial charge in [0.2, 0.25) is 0 Å². The first kappa shape index (κ1) is 16.5. The maximum atomic E-state index is 12.3. The van der Waals surface area contributed by atoms with Gasteiger partial charge in [0.05, 0.1) is 6.61 Å². The number of ether oxygens (including phenoxy) is 1. The summed E-state index contributed by atoms with van der Waals surface area (Å²) >= 11 is 0. The molecular formula is C20H23NO3. The maximum absolute atomic E-state index is 12.3. The topological polar surface area (TPSA) is 49.8 Å². The van der Waals surface area contributed by atoms with Gasteiger partial charge in [0, 0.05) is 18.5 Å². The third kappa shape index (κ3) is 3.95. The molecule has 1 aliphatic heterocycles. The van der Waals surface area contributed by atoms with Crippen LogP contribution in [0.2, 0.25) is 0 Å². The molecule has 1 amide bonds. The van der Waals surface area contributed by atoms with Gasteiger partial charge in [-0.05, 0) is 24.0 Å². The lowest BCUT2D eigenvalue weighted by molar-refractivity contribution is 0.0898. The lowest BCUT2D eigenvalue weighted by Gasteiger charge is -2.27. The van der Waals surface area contributed by atoms with Crippen LogP contribution in [0, 0.1) is 5.41 Å². The lowest BCUT2D eigenvalue weighted by Crippen LogP contribution is -2.35. The Balaban J connectivity index is 1.57. The van der Waals surface area contributed by atoms with E-state index in [0.717, 1.165) is 18.4 Å². The molecule has 1 N–H and O–H groups in total. The number of aliphatic hydroxyl groups is 1. The zero-order valence-electron chi connectivity index (χ0n) is 13.7. The normalized spacial score (nSPS) is 20.1. The summed E-state index contributed by atoms with van der Waals surface area (Å²) in [5.41, 5.74) is 1.89. The van der Waals surface area contributed by atoms with Gasteiger partial charge in [-0.2, -0.15) is 0 Å². The molecule has 0 spiro atoms. The number of carbonyl (C=O) groups excluding carboxylic acids is 1. The Hall–Kier alpha value is -2.33. The highest BCUT2D eigenvalue weighted by molar-refractivity contribution is 5.68. The van der Waals surface area contributed by atoms with Crippen molar-refractivity contribution >= 4 is 6.09 Å². The first-order chi connectivity index (χ1) is 11.7. The van der Waals surface area contributed by atoms with Crippen molar-refractivity contribution in [2.75, 3.05) is 19.7 Å². The molecule has 4 nitrogen and oxygen atoms in total. The molecule has 0 aliphatic carbocycles. The summed E-state index contributed by atoms with van der Waals surface area (Å²) in [4.78, 5) is 14.0. The number of benzene rings is 2. The minimum Gasteiger partial charge on any atom is -0.445 e. The van der Waals surface area contributed by atoms with Crippen molar-refractivity contribution in [1.29, 1.82) is 0 Å². The molecule has 0 saturated carbocycles. The van der Waals surface area contributed by atoms with E-state index in [0.29, 0.717) is 13.1 Å². The summed E-state index contributed by atoms with van der Waals surface area (Å²) in [7, 11) is 0. The largest absolute Gasteiger partial charge is 0.445 e. The van der Waals surface area contributed by atoms with E-state index in [9.17, 15) is 9.90 Å². The van der Waals surface area contributed by atoms with E-state index >= 15 is 0 Å². The number of aliphatic hydroxyl groups excluding tert-OH is 1. The summed E-state index contributed by atoms with van der Waals surface area (Å²) in [5.74, 6) is 0. The summed E-state index contributed by atoms with van der Waals surface area (Å²) in [6.07, 6.45) is 1.26. The van der Waals surface area contributed by atoms with E-state index in [2.05, 4.69) is 12.1 Å². The van der Waals surface area contributed by atoms with Crippen LogP contribution in [0.3, 0.4) is 0 Å². The molecule has 4 heteroatoms. The van der Waals surface area contributed by atoms with E-state index in [-0.39, 0.29) is 24.7 Å². The van der Waals surface area contributed by atoms with Gasteiger partial charge < -0.3 is 14.7 Å². The van der Waals surface area contributed by atoms with Crippen LogP contribution in [0.5, 0.6) is 0 Å². The third-order valence-corrected chi connectivity index (χ3v) is 4.66. The first-order valence-electron chi connectivity index (χ1n) is 8.31. The van der Waals surface area contributed by atoms with Crippen LogP contribution in [0.25, 0.3) is 0 Å². The number of likely N-dealkylation sites (tertiary alicyclic amines) is 1. The van der Waals surface area contributed by atoms with Crippen LogP contribution in [0.4, 0.5) is 4.79 Å². The zero-order valence-corrected chi connectivity index (χ0v) is 13.7. The van der Waals surface area contributed by atoms with Crippen LogP contribution in [-0.4, -0.2) is 35.8 Å². The van der Waals surface area contributed by atoms with Crippen LogP contribution in [-0.2, 0) is 17.8 Å². The van der Waals surface area contributed by atoms with Gasteiger partial charge in [0.1, 0.15) is 6.61 Å². The van der Waals surface area contributed by atoms with Crippen molar-refractivity contribution in [3.8, 4) is 0 Å². The Morgan fingerprint density at radius 3 is 2.29 bits per heavy atom. The highest BCUT2D eigenvalue weighted by Gasteiger charge is 2.40. The van der Waals surface area contributed by atoms with Crippen LogP contribution < -0.4 is 0 Å². The van der Waals surface area contributed by atoms with Crippen LogP contribution >= 0.6 is 0 Å². The Morgan fingerprint density at radius 1 is 1.04 bits per heavy atom. The summed E-state index contributed by atoms with van der Waals surface area (Å²) < 4.78 is 5.41. The maximum Gasteiger partial charge on any atom is 0.410 e. The van der Waals surface area contributed by atoms with Gasteiger partial charge in [-0.3, -0.25) is 0 Å². The third-order valence-electron chi connectivity index (χ3n) is 4.66. The number of amides is 1. The Labute approximate surface area is 142 Å². The molecular weight excluding hydrogens is 302 g/mol. The highest BCUT2D eigenvalue weighted by Crippen LogP contribution is 2.34. The number of nitrogens with zero attached hydrogens (tertiary/aromatic N) is 1. The van der Waals surface area contributed by atoms with E-state index in [1.165, 1.54) is 5.56 Å². The minimum absolute atomic E-state index is 0.0738. The molecule has 1 aliphatic rings. The second-order valence-electron chi connectivity index (χ2n) is 6.53. The predicted octanol–water partition coefficient (Wildman–Crippen LogP) is 3.25. The van der Waals surface area contributed by atoms with Crippen molar-refractivity contribution in [2.24, 2.45) is 5.41 Å². The molecule has 1 heterocycles. The molecule has 1 unspecified atom stereocenters. The van der Waals surface area contributed by atoms with Crippen LogP contribution in [0.1, 0.15) is 17.5 Å². The molecule has 24 heavy (non-hydrogen) atoms. The molecule has 3 rings (SSSR count). The molecule has 1 saturated heterocycles. The van der Waals surface area contributed by atoms with Crippen molar-refractivity contribution in [3.63, 3.8) is 0 Å². The second kappa shape index (κ2) is 7.49. The van der Waals surface area contributed by atoms with Crippen molar-refractivity contribution in [2.45, 2.75) is 19.4 Å². The van der Waals surface area contributed by atoms with Crippen molar-refractivity contribution in [3.05, 3.63) is 71.8 Å². The number of hydrogen-bond acceptors (Lipinski definition) is 3. The zero-order chi connectivity index (χ0) is 16.8. The fraction of sp³-hybridized carbons (Fsp3) is 0.350. The first-order valence-corrected chi connectivity index (χ1v) is 8.31. The van der Waals surface area contributed by atoms with Gasteiger partial charge >= 0.3 is 6.09 Å². The monoisotopic (exact) mass is 325 g/mol. The average Bonchev–Trinajstić information content (AvgIpc) is 3.06. The molecule has 0 bridgehead atoms. The standard InChI is InChI=1S/C20H23NO3/c22-16-20(13-17-7-3-1-4-8-17)11-12-21(15-20)19(23)24-14-18-9-5-2-6-10-18/h1-10,22H,11-16H2. The van der Waals surface area contributed by atoms with E-state index < -0.39 is 0 Å². The fourth-order valence-corrected chi connectivity index (χ4v) is 3.26. The summed E-state index contributed by atoms with van der Waals surface area (Å²) in [6, 6.07) is 19.8. The Bertz CT molecular complexity index is 659. The predicted molar refractivity (Wildman–Crippen MR) is 92.5 cm³/mol. The molecule has 1 atom stereocenters. The molecule has 0 aromatic heterocycles. The van der Waals surface area contributed by atoms with Gasteiger partial charge in [0.15, 0.2) is 0 Å². The van der Waals surface area contributed by atoms with E-state index in [4.69, 9.17) is 4.74 Å². The smallest absolute Gasteiger partial charge is 0.410 e. The highest BCUT2D eigenvalue weighted by atomic mass is 16.6. The average molecular weight is 325 g/mol. The number of hydrogen-bond donors (Lipinski definition) is 1. The lowest BCUT2D eigenvalue weighted by atomic mass is 9.81. The van der Waals surface area contributed by atoms with Gasteiger partial charge in [-0.1, -0.05) is 60.7 Å². The van der Waals surface area contributed by atoms with Gasteiger partial charge in [-0.25, -0.2) is 4.79 Å². The summed E-state index contributed by atoms with van der Waals surface area (Å²) in [5, 5.41) is 9.91. The van der Waals surface area contributed by atoms with E-state index in [1.807, 2.05) is 48.5 Å². The Kier molecular flexibility index (Phi) is 5.16. The molecule has 0 radical (unpaired) electrons. The minimum atomic E-state index is -0.303. The summed E-state index contributed by atoms with van der Waals surface area (Å²) in [6.45, 7) is 1.51. The molecule has 1 fully saturated rings. The van der Waals surface area contributed by atoms with Crippen molar-refractivity contribution in [1.82, 2.24) is 4.90 Å². The number of rotatable bonds is 5. The fourth-order valence-electron chi connectivity index (χ4n) is 3.26. The van der Waals surface area contributed by atoms with E-state index in [1.54, 1.807) is 4.90 Å². The molecule has 2 aromatic rings. The molecule has 2 aromatic carbocycles. The quantitative estimate of drug-likeness (QED) is 0.918. The number of carbonyl (C=O) groups is 1. The van der Waals surface area contributed by atoms with Gasteiger partial charge in [0.25, 0.3) is 0 Å². The molecule has 126 valence electrons. The second-order valence-corrected chi connectivity index (χ2v) is 6.53.